The van der Waals surface area contributed by atoms with Crippen molar-refractivity contribution in [2.45, 2.75) is 0 Å². The summed E-state index contributed by atoms with van der Waals surface area (Å²) in [6.45, 7) is 2.05. The van der Waals surface area contributed by atoms with E-state index in [1.807, 2.05) is 10.3 Å². The quantitative estimate of drug-likeness (QED) is 0.559. The predicted octanol–water partition coefficient (Wildman–Crippen LogP) is 0.675. The van der Waals surface area contributed by atoms with Gasteiger partial charge in [0.05, 0.1) is 24.3 Å². The Kier molecular flexibility index (Phi) is 6.69. The number of halogens is 1. The number of aromatic nitrogens is 1. The van der Waals surface area contributed by atoms with E-state index in [0.717, 1.165) is 25.0 Å². The third-order valence-electron chi connectivity index (χ3n) is 4.09. The Morgan fingerprint density at radius 1 is 1.10 bits per heavy atom. The van der Waals surface area contributed by atoms with Crippen LogP contribution < -0.4 is 15.8 Å². The molecule has 2 aromatic rings. The molecule has 2 heterocycles. The third kappa shape index (κ3) is 5.48. The van der Waals surface area contributed by atoms with Crippen LogP contribution in [0.25, 0.3) is 0 Å². The molecule has 152 valence electrons. The van der Waals surface area contributed by atoms with Gasteiger partial charge >= 0.3 is 5.97 Å². The van der Waals surface area contributed by atoms with Crippen molar-refractivity contribution in [1.29, 1.82) is 0 Å². The number of hydrogen-bond donors (Lipinski definition) is 2. The second-order valence-corrected chi connectivity index (χ2v) is 6.06. The van der Waals surface area contributed by atoms with Crippen LogP contribution in [0, 0.1) is 5.82 Å². The number of anilines is 1. The molecule has 0 saturated carbocycles. The number of amides is 2. The number of carbonyl (C=O) groups is 3. The minimum absolute atomic E-state index is 0.185. The Morgan fingerprint density at radius 3 is 2.55 bits per heavy atom. The van der Waals surface area contributed by atoms with E-state index < -0.39 is 30.2 Å². The van der Waals surface area contributed by atoms with Crippen LogP contribution in [0.1, 0.15) is 20.7 Å². The maximum absolute atomic E-state index is 13.5. The van der Waals surface area contributed by atoms with Crippen molar-refractivity contribution in [2.75, 3.05) is 37.8 Å². The number of benzene rings is 1. The van der Waals surface area contributed by atoms with Gasteiger partial charge in [0.25, 0.3) is 11.8 Å². The SMILES string of the molecule is O=C(COC(=O)c1ccc(N2CCOCC2)nc1)NNC(=O)c1ccccc1F. The molecule has 2 N–H and O–H groups in total. The molecule has 9 nitrogen and oxygen atoms in total. The summed E-state index contributed by atoms with van der Waals surface area (Å²) < 4.78 is 23.7. The van der Waals surface area contributed by atoms with Crippen molar-refractivity contribution in [3.05, 3.63) is 59.5 Å². The monoisotopic (exact) mass is 402 g/mol. The zero-order valence-electron chi connectivity index (χ0n) is 15.4. The van der Waals surface area contributed by atoms with Crippen LogP contribution >= 0.6 is 0 Å². The molecule has 0 radical (unpaired) electrons. The Hall–Kier alpha value is -3.53. The van der Waals surface area contributed by atoms with E-state index in [-0.39, 0.29) is 11.1 Å². The first kappa shape index (κ1) is 20.2. The van der Waals surface area contributed by atoms with Crippen LogP contribution in [-0.4, -0.2) is 55.7 Å². The van der Waals surface area contributed by atoms with Gasteiger partial charge in [-0.15, -0.1) is 0 Å². The number of morpholine rings is 1. The molecule has 2 amide bonds. The van der Waals surface area contributed by atoms with E-state index in [9.17, 15) is 18.8 Å². The molecule has 3 rings (SSSR count). The molecule has 29 heavy (non-hydrogen) atoms. The number of nitrogens with one attached hydrogen (secondary N) is 2. The molecular weight excluding hydrogens is 383 g/mol. The van der Waals surface area contributed by atoms with Crippen LogP contribution in [0.4, 0.5) is 10.2 Å². The average Bonchev–Trinajstić information content (AvgIpc) is 2.77. The lowest BCUT2D eigenvalue weighted by Gasteiger charge is -2.27. The van der Waals surface area contributed by atoms with Gasteiger partial charge < -0.3 is 14.4 Å². The maximum Gasteiger partial charge on any atom is 0.340 e. The van der Waals surface area contributed by atoms with E-state index >= 15 is 0 Å². The minimum Gasteiger partial charge on any atom is -0.452 e. The van der Waals surface area contributed by atoms with Gasteiger partial charge in [0.1, 0.15) is 11.6 Å². The Labute approximate surface area is 165 Å². The highest BCUT2D eigenvalue weighted by atomic mass is 19.1. The van der Waals surface area contributed by atoms with Crippen molar-refractivity contribution in [2.24, 2.45) is 0 Å². The van der Waals surface area contributed by atoms with Gasteiger partial charge in [-0.05, 0) is 24.3 Å². The van der Waals surface area contributed by atoms with Crippen molar-refractivity contribution in [1.82, 2.24) is 15.8 Å². The highest BCUT2D eigenvalue weighted by Gasteiger charge is 2.16. The molecule has 1 fully saturated rings. The van der Waals surface area contributed by atoms with Gasteiger partial charge in [0.15, 0.2) is 6.61 Å². The standard InChI is InChI=1S/C19H19FN4O5/c20-15-4-2-1-3-14(15)18(26)23-22-17(25)12-29-19(27)13-5-6-16(21-11-13)24-7-9-28-10-8-24/h1-6,11H,7-10,12H2,(H,22,25)(H,23,26). The lowest BCUT2D eigenvalue weighted by molar-refractivity contribution is -0.125. The number of ether oxygens (including phenoxy) is 2. The fourth-order valence-electron chi connectivity index (χ4n) is 2.58. The summed E-state index contributed by atoms with van der Waals surface area (Å²) in [6.07, 6.45) is 1.37. The van der Waals surface area contributed by atoms with Crippen LogP contribution in [0.15, 0.2) is 42.6 Å². The van der Waals surface area contributed by atoms with Crippen LogP contribution in [0.2, 0.25) is 0 Å². The molecule has 0 bridgehead atoms. The molecule has 1 saturated heterocycles. The number of pyridine rings is 1. The molecular formula is C19H19FN4O5. The number of esters is 1. The normalized spacial score (nSPS) is 13.5. The first-order chi connectivity index (χ1) is 14.0. The maximum atomic E-state index is 13.5. The first-order valence-corrected chi connectivity index (χ1v) is 8.84. The molecule has 1 aromatic carbocycles. The molecule has 1 aromatic heterocycles. The minimum atomic E-state index is -0.828. The fourth-order valence-corrected chi connectivity index (χ4v) is 2.58. The largest absolute Gasteiger partial charge is 0.452 e. The summed E-state index contributed by atoms with van der Waals surface area (Å²) >= 11 is 0. The average molecular weight is 402 g/mol. The molecule has 10 heteroatoms. The summed E-state index contributed by atoms with van der Waals surface area (Å²) in [5.41, 5.74) is 4.06. The Bertz CT molecular complexity index is 884. The van der Waals surface area contributed by atoms with Crippen LogP contribution in [0.5, 0.6) is 0 Å². The zero-order valence-corrected chi connectivity index (χ0v) is 15.4. The molecule has 1 aliphatic rings. The van der Waals surface area contributed by atoms with E-state index in [2.05, 4.69) is 10.4 Å². The zero-order chi connectivity index (χ0) is 20.6. The smallest absolute Gasteiger partial charge is 0.340 e. The second kappa shape index (κ2) is 9.60. The molecule has 0 aliphatic carbocycles. The topological polar surface area (TPSA) is 110 Å². The highest BCUT2D eigenvalue weighted by Crippen LogP contribution is 2.13. The van der Waals surface area contributed by atoms with Gasteiger partial charge in [-0.1, -0.05) is 12.1 Å². The van der Waals surface area contributed by atoms with Crippen molar-refractivity contribution >= 4 is 23.6 Å². The summed E-state index contributed by atoms with van der Waals surface area (Å²) in [6, 6.07) is 8.56. The summed E-state index contributed by atoms with van der Waals surface area (Å²) in [5, 5.41) is 0. The highest BCUT2D eigenvalue weighted by molar-refractivity contribution is 5.96. The van der Waals surface area contributed by atoms with Crippen LogP contribution in [-0.2, 0) is 14.3 Å². The van der Waals surface area contributed by atoms with Gasteiger partial charge in [0, 0.05) is 19.3 Å². The lowest BCUT2D eigenvalue weighted by Crippen LogP contribution is -2.43. The van der Waals surface area contributed by atoms with Gasteiger partial charge in [-0.25, -0.2) is 14.2 Å². The Morgan fingerprint density at radius 2 is 1.86 bits per heavy atom. The number of nitrogens with zero attached hydrogens (tertiary/aromatic N) is 2. The van der Waals surface area contributed by atoms with Gasteiger partial charge in [-0.3, -0.25) is 20.4 Å². The second-order valence-electron chi connectivity index (χ2n) is 6.06. The summed E-state index contributed by atoms with van der Waals surface area (Å²) in [5.74, 6) is -2.34. The first-order valence-electron chi connectivity index (χ1n) is 8.84. The van der Waals surface area contributed by atoms with E-state index in [1.54, 1.807) is 12.1 Å². The van der Waals surface area contributed by atoms with Gasteiger partial charge in [-0.2, -0.15) is 0 Å². The van der Waals surface area contributed by atoms with E-state index in [4.69, 9.17) is 9.47 Å². The number of hydrogen-bond acceptors (Lipinski definition) is 7. The molecule has 0 unspecified atom stereocenters. The lowest BCUT2D eigenvalue weighted by atomic mass is 10.2. The summed E-state index contributed by atoms with van der Waals surface area (Å²) in [7, 11) is 0. The fraction of sp³-hybridized carbons (Fsp3) is 0.263. The number of rotatable bonds is 5. The molecule has 1 aliphatic heterocycles. The van der Waals surface area contributed by atoms with Gasteiger partial charge in [0.2, 0.25) is 0 Å². The third-order valence-corrected chi connectivity index (χ3v) is 4.09. The van der Waals surface area contributed by atoms with Crippen molar-refractivity contribution < 1.29 is 28.2 Å². The van der Waals surface area contributed by atoms with Crippen LogP contribution in [0.3, 0.4) is 0 Å². The molecule has 0 atom stereocenters. The molecule has 0 spiro atoms. The predicted molar refractivity (Wildman–Crippen MR) is 99.6 cm³/mol. The van der Waals surface area contributed by atoms with Crippen molar-refractivity contribution in [3.63, 3.8) is 0 Å². The number of hydrazine groups is 1. The van der Waals surface area contributed by atoms with Crippen molar-refractivity contribution in [3.8, 4) is 0 Å². The Balaban J connectivity index is 1.44. The van der Waals surface area contributed by atoms with E-state index in [0.29, 0.717) is 13.2 Å². The summed E-state index contributed by atoms with van der Waals surface area (Å²) in [4.78, 5) is 41.8. The van der Waals surface area contributed by atoms with E-state index in [1.165, 1.54) is 24.4 Å². The number of carbonyl (C=O) groups excluding carboxylic acids is 3.